The van der Waals surface area contributed by atoms with Crippen molar-refractivity contribution in [2.75, 3.05) is 19.6 Å². The third-order valence-corrected chi connectivity index (χ3v) is 10.5. The number of amides is 5. The second-order valence-electron chi connectivity index (χ2n) is 14.5. The van der Waals surface area contributed by atoms with Crippen LogP contribution >= 0.6 is 0 Å². The molecule has 3 aliphatic heterocycles. The van der Waals surface area contributed by atoms with E-state index in [1.165, 1.54) is 32.9 Å². The number of nitrogens with zero attached hydrogens (tertiary/aromatic N) is 4. The lowest BCUT2D eigenvalue weighted by molar-refractivity contribution is -0.142. The van der Waals surface area contributed by atoms with Crippen LogP contribution in [0.3, 0.4) is 0 Å². The molecule has 0 saturated heterocycles. The fraction of sp³-hybridized carbons (Fsp3) is 0.541. The highest BCUT2D eigenvalue weighted by atomic mass is 16.5. The molecule has 2 aromatic heterocycles. The molecule has 6 N–H and O–H groups in total. The molecule has 0 aromatic carbocycles. The first-order valence-electron chi connectivity index (χ1n) is 17.9. The van der Waals surface area contributed by atoms with E-state index in [-0.39, 0.29) is 50.5 Å². The molecule has 0 spiro atoms. The highest BCUT2D eigenvalue weighted by Crippen LogP contribution is 2.32. The predicted molar refractivity (Wildman–Crippen MR) is 200 cm³/mol. The Morgan fingerprint density at radius 2 is 1.28 bits per heavy atom. The van der Waals surface area contributed by atoms with Crippen LogP contribution in [0.5, 0.6) is 0 Å². The van der Waals surface area contributed by atoms with Crippen LogP contribution in [0.25, 0.3) is 5.70 Å². The Hall–Kier alpha value is -5.61. The maximum Gasteiger partial charge on any atom is 0.296 e. The first kappa shape index (κ1) is 42.8. The summed E-state index contributed by atoms with van der Waals surface area (Å²) in [6.07, 6.45) is -0.0541. The van der Waals surface area contributed by atoms with Gasteiger partial charge in [-0.2, -0.15) is 0 Å². The van der Waals surface area contributed by atoms with Crippen molar-refractivity contribution in [1.29, 1.82) is 0 Å². The standard InChI is InChI=1S/C37H54N8O9/c1-20-16-19-42(26(7)46)18-11-17-38-23(4)30-14-12-28(35(51)44(30)53)32(48)40-25(6)41-33(49)29-13-15-31(45(54)36(29)52)34(50)39-22(3)21(2)37(9,10)43(24(20)5)27(8)47/h12-15,20-22,24-25,38,53-54H,4,11,16-19H2,1-3,5-10H3,(H,39,50)(H,40,48)(H,41,49). The van der Waals surface area contributed by atoms with E-state index in [2.05, 4.69) is 27.8 Å². The third kappa shape index (κ3) is 9.48. The predicted octanol–water partition coefficient (Wildman–Crippen LogP) is 1.60. The SMILES string of the molecule is C=C1NCCCN(C(C)=O)CCC(C)C(C)N(C(C)=O)C(C)(C)C(C)C(C)NC(=O)c2ccc(c(=O)n2O)C(=O)NC(C)NC(=O)c2ccc1n(O)c2=O. The minimum absolute atomic E-state index is 0.00725. The minimum Gasteiger partial charge on any atom is -0.425 e. The van der Waals surface area contributed by atoms with Gasteiger partial charge < -0.3 is 41.5 Å². The molecule has 3 aliphatic rings. The molecule has 5 unspecified atom stereocenters. The topological polar surface area (TPSA) is 224 Å². The Bertz CT molecular complexity index is 1900. The summed E-state index contributed by atoms with van der Waals surface area (Å²) in [7, 11) is 0. The zero-order valence-electron chi connectivity index (χ0n) is 32.5. The fourth-order valence-corrected chi connectivity index (χ4v) is 6.72. The summed E-state index contributed by atoms with van der Waals surface area (Å²) in [4.78, 5) is 94.5. The molecule has 0 fully saturated rings. The van der Waals surface area contributed by atoms with Gasteiger partial charge in [0.15, 0.2) is 0 Å². The first-order valence-corrected chi connectivity index (χ1v) is 17.9. The number of hydrogen-bond acceptors (Lipinski definition) is 10. The zero-order chi connectivity index (χ0) is 40.8. The summed E-state index contributed by atoms with van der Waals surface area (Å²) in [6.45, 7) is 20.7. The van der Waals surface area contributed by atoms with Gasteiger partial charge in [-0.3, -0.25) is 33.6 Å². The van der Waals surface area contributed by atoms with E-state index < -0.39 is 63.4 Å². The monoisotopic (exact) mass is 754 g/mol. The lowest BCUT2D eigenvalue weighted by Crippen LogP contribution is -2.60. The van der Waals surface area contributed by atoms with Crippen LogP contribution in [0.15, 0.2) is 40.4 Å². The second-order valence-corrected chi connectivity index (χ2v) is 14.5. The number of rotatable bonds is 0. The number of hydrogen-bond donors (Lipinski definition) is 6. The molecule has 296 valence electrons. The van der Waals surface area contributed by atoms with Crippen LogP contribution in [0.4, 0.5) is 0 Å². The van der Waals surface area contributed by atoms with E-state index in [1.54, 1.807) is 16.7 Å². The number of pyridine rings is 2. The van der Waals surface area contributed by atoms with Gasteiger partial charge in [0, 0.05) is 51.1 Å². The van der Waals surface area contributed by atoms with Crippen LogP contribution in [-0.2, 0) is 9.59 Å². The van der Waals surface area contributed by atoms with Crippen molar-refractivity contribution in [3.63, 3.8) is 0 Å². The van der Waals surface area contributed by atoms with Crippen molar-refractivity contribution in [1.82, 2.24) is 40.5 Å². The summed E-state index contributed by atoms with van der Waals surface area (Å²) in [5.74, 6) is -3.43. The van der Waals surface area contributed by atoms with E-state index in [0.717, 1.165) is 12.1 Å². The van der Waals surface area contributed by atoms with E-state index in [9.17, 15) is 44.0 Å². The maximum atomic E-state index is 13.3. The molecule has 0 radical (unpaired) electrons. The van der Waals surface area contributed by atoms with Crippen LogP contribution in [0, 0.1) is 11.8 Å². The zero-order valence-corrected chi connectivity index (χ0v) is 32.5. The van der Waals surface area contributed by atoms with E-state index in [0.29, 0.717) is 32.5 Å². The molecule has 0 aliphatic carbocycles. The molecule has 17 nitrogen and oxygen atoms in total. The molecular weight excluding hydrogens is 700 g/mol. The van der Waals surface area contributed by atoms with Gasteiger partial charge in [-0.05, 0) is 83.6 Å². The van der Waals surface area contributed by atoms with Crippen molar-refractivity contribution in [2.45, 2.75) is 98.9 Å². The Balaban J connectivity index is 1.99. The van der Waals surface area contributed by atoms with Gasteiger partial charge in [-0.25, -0.2) is 0 Å². The van der Waals surface area contributed by atoms with Gasteiger partial charge in [0.05, 0.1) is 11.9 Å². The molecule has 0 saturated carbocycles. The lowest BCUT2D eigenvalue weighted by Gasteiger charge is -2.49. The molecule has 17 heteroatoms. The summed E-state index contributed by atoms with van der Waals surface area (Å²) in [5, 5.41) is 31.8. The second kappa shape index (κ2) is 17.5. The highest BCUT2D eigenvalue weighted by molar-refractivity contribution is 5.97. The quantitative estimate of drug-likeness (QED) is 0.213. The molecule has 5 amide bonds. The molecule has 2 aromatic rings. The molecule has 54 heavy (non-hydrogen) atoms. The van der Waals surface area contributed by atoms with Gasteiger partial charge in [-0.15, -0.1) is 9.46 Å². The van der Waals surface area contributed by atoms with Gasteiger partial charge in [-0.1, -0.05) is 20.4 Å². The van der Waals surface area contributed by atoms with Crippen LogP contribution in [0.1, 0.15) is 112 Å². The number of carbonyl (C=O) groups is 5. The summed E-state index contributed by atoms with van der Waals surface area (Å²) in [5.41, 5.74) is -4.31. The van der Waals surface area contributed by atoms with E-state index in [4.69, 9.17) is 0 Å². The van der Waals surface area contributed by atoms with Crippen LogP contribution in [0.2, 0.25) is 0 Å². The normalized spacial score (nSPS) is 24.0. The molecule has 4 bridgehead atoms. The lowest BCUT2D eigenvalue weighted by atomic mass is 9.80. The molecule has 5 rings (SSSR count). The Labute approximate surface area is 314 Å². The minimum atomic E-state index is -1.20. The van der Waals surface area contributed by atoms with E-state index in [1.807, 2.05) is 34.6 Å². The Kier molecular flexibility index (Phi) is 13.9. The van der Waals surface area contributed by atoms with Crippen molar-refractivity contribution in [3.05, 3.63) is 74.1 Å². The van der Waals surface area contributed by atoms with E-state index >= 15 is 0 Å². The first-order chi connectivity index (χ1) is 25.1. The number of aromatic nitrogens is 2. The summed E-state index contributed by atoms with van der Waals surface area (Å²) in [6, 6.07) is 3.81. The molecule has 5 heterocycles. The number of nitrogens with one attached hydrogen (secondary N) is 4. The third-order valence-electron chi connectivity index (χ3n) is 10.5. The number of fused-ring (bicyclic) bond motifs is 2. The Morgan fingerprint density at radius 3 is 1.80 bits per heavy atom. The largest absolute Gasteiger partial charge is 0.425 e. The molecule has 5 atom stereocenters. The summed E-state index contributed by atoms with van der Waals surface area (Å²) < 4.78 is 0.320. The van der Waals surface area contributed by atoms with Crippen molar-refractivity contribution < 1.29 is 34.4 Å². The van der Waals surface area contributed by atoms with Gasteiger partial charge in [0.2, 0.25) is 11.8 Å². The van der Waals surface area contributed by atoms with Crippen LogP contribution in [-0.4, -0.2) is 103 Å². The Morgan fingerprint density at radius 1 is 0.759 bits per heavy atom. The van der Waals surface area contributed by atoms with Gasteiger partial charge >= 0.3 is 0 Å². The average Bonchev–Trinajstić information content (AvgIpc) is 3.08. The average molecular weight is 755 g/mol. The maximum absolute atomic E-state index is 13.3. The van der Waals surface area contributed by atoms with Crippen LogP contribution < -0.4 is 32.4 Å². The number of carbonyl (C=O) groups excluding carboxylic acids is 5. The van der Waals surface area contributed by atoms with Crippen molar-refractivity contribution in [3.8, 4) is 0 Å². The fourth-order valence-electron chi connectivity index (χ4n) is 6.72. The summed E-state index contributed by atoms with van der Waals surface area (Å²) >= 11 is 0. The smallest absolute Gasteiger partial charge is 0.296 e. The van der Waals surface area contributed by atoms with Crippen molar-refractivity contribution >= 4 is 35.2 Å². The molecular formula is C37H54N8O9. The van der Waals surface area contributed by atoms with Crippen molar-refractivity contribution in [2.24, 2.45) is 11.8 Å². The van der Waals surface area contributed by atoms with Gasteiger partial charge in [0.25, 0.3) is 28.8 Å². The highest BCUT2D eigenvalue weighted by Gasteiger charge is 2.41. The van der Waals surface area contributed by atoms with Gasteiger partial charge in [0.1, 0.15) is 22.5 Å².